The lowest BCUT2D eigenvalue weighted by atomic mass is 10.1. The zero-order valence-corrected chi connectivity index (χ0v) is 12.2. The zero-order valence-electron chi connectivity index (χ0n) is 11.4. The molecule has 20 heavy (non-hydrogen) atoms. The molecular formula is C14H17N3O2S. The molecule has 106 valence electrons. The summed E-state index contributed by atoms with van der Waals surface area (Å²) in [5, 5.41) is 3.23. The third-order valence-corrected chi connectivity index (χ3v) is 3.25. The molecule has 0 fully saturated rings. The number of rotatable bonds is 5. The number of benzene rings is 1. The minimum Gasteiger partial charge on any atom is -0.380 e. The van der Waals surface area contributed by atoms with Gasteiger partial charge in [-0.15, -0.1) is 0 Å². The highest BCUT2D eigenvalue weighted by Gasteiger charge is 2.02. The highest BCUT2D eigenvalue weighted by Crippen LogP contribution is 2.12. The number of pyridine rings is 1. The van der Waals surface area contributed by atoms with Gasteiger partial charge in [0.05, 0.1) is 18.1 Å². The highest BCUT2D eigenvalue weighted by atomic mass is 32.2. The van der Waals surface area contributed by atoms with Gasteiger partial charge >= 0.3 is 0 Å². The lowest BCUT2D eigenvalue weighted by Gasteiger charge is -2.08. The molecule has 0 radical (unpaired) electrons. The van der Waals surface area contributed by atoms with Crippen LogP contribution in [0.25, 0.3) is 0 Å². The second-order valence-corrected chi connectivity index (χ2v) is 6.39. The predicted molar refractivity (Wildman–Crippen MR) is 81.2 cm³/mol. The molecule has 0 saturated heterocycles. The second-order valence-electron chi connectivity index (χ2n) is 4.65. The van der Waals surface area contributed by atoms with Crippen molar-refractivity contribution in [2.75, 3.05) is 16.3 Å². The molecule has 0 amide bonds. The summed E-state index contributed by atoms with van der Waals surface area (Å²) >= 11 is 0. The molecule has 0 aliphatic heterocycles. The van der Waals surface area contributed by atoms with Crippen molar-refractivity contribution in [3.63, 3.8) is 0 Å². The number of nitrogens with zero attached hydrogens (tertiary/aromatic N) is 1. The highest BCUT2D eigenvalue weighted by molar-refractivity contribution is 7.92. The van der Waals surface area contributed by atoms with Crippen LogP contribution in [0.3, 0.4) is 0 Å². The summed E-state index contributed by atoms with van der Waals surface area (Å²) in [4.78, 5) is 4.04. The van der Waals surface area contributed by atoms with Gasteiger partial charge in [0.2, 0.25) is 10.0 Å². The first-order valence-corrected chi connectivity index (χ1v) is 8.05. The van der Waals surface area contributed by atoms with Crippen LogP contribution in [0, 0.1) is 6.92 Å². The quantitative estimate of drug-likeness (QED) is 0.887. The molecule has 2 aromatic rings. The summed E-state index contributed by atoms with van der Waals surface area (Å²) in [6, 6.07) is 11.7. The molecule has 2 rings (SSSR count). The van der Waals surface area contributed by atoms with Crippen LogP contribution in [-0.2, 0) is 16.6 Å². The normalized spacial score (nSPS) is 11.1. The summed E-state index contributed by atoms with van der Waals surface area (Å²) in [5.41, 5.74) is 3.24. The van der Waals surface area contributed by atoms with E-state index in [2.05, 4.69) is 46.2 Å². The van der Waals surface area contributed by atoms with Crippen molar-refractivity contribution in [1.29, 1.82) is 0 Å². The third kappa shape index (κ3) is 4.55. The first-order valence-electron chi connectivity index (χ1n) is 6.16. The van der Waals surface area contributed by atoms with E-state index in [1.807, 2.05) is 0 Å². The lowest BCUT2D eigenvalue weighted by Crippen LogP contribution is -2.10. The van der Waals surface area contributed by atoms with E-state index < -0.39 is 10.0 Å². The van der Waals surface area contributed by atoms with Gasteiger partial charge in [0.15, 0.2) is 0 Å². The maximum Gasteiger partial charge on any atom is 0.230 e. The molecular weight excluding hydrogens is 274 g/mol. The van der Waals surface area contributed by atoms with Crippen molar-refractivity contribution in [3.05, 3.63) is 53.7 Å². The summed E-state index contributed by atoms with van der Waals surface area (Å²) in [6.07, 6.45) is 2.69. The van der Waals surface area contributed by atoms with Crippen LogP contribution in [0.1, 0.15) is 11.1 Å². The Bertz CT molecular complexity index is 665. The maximum absolute atomic E-state index is 11.1. The number of hydrogen-bond donors (Lipinski definition) is 2. The lowest BCUT2D eigenvalue weighted by molar-refractivity contribution is 0.606. The summed E-state index contributed by atoms with van der Waals surface area (Å²) in [6.45, 7) is 2.75. The Balaban J connectivity index is 1.95. The van der Waals surface area contributed by atoms with Crippen molar-refractivity contribution in [2.24, 2.45) is 0 Å². The van der Waals surface area contributed by atoms with E-state index in [-0.39, 0.29) is 0 Å². The minimum atomic E-state index is -3.28. The molecule has 6 heteroatoms. The molecule has 0 aliphatic rings. The van der Waals surface area contributed by atoms with E-state index in [0.29, 0.717) is 12.4 Å². The van der Waals surface area contributed by atoms with E-state index in [1.54, 1.807) is 18.3 Å². The van der Waals surface area contributed by atoms with Gasteiger partial charge in [-0.1, -0.05) is 29.8 Å². The van der Waals surface area contributed by atoms with Crippen LogP contribution < -0.4 is 10.0 Å². The maximum atomic E-state index is 11.1. The molecule has 0 saturated carbocycles. The Morgan fingerprint density at radius 2 is 1.80 bits per heavy atom. The second kappa shape index (κ2) is 5.92. The van der Waals surface area contributed by atoms with Crippen molar-refractivity contribution in [3.8, 4) is 0 Å². The fourth-order valence-corrected chi connectivity index (χ4v) is 2.16. The monoisotopic (exact) mass is 291 g/mol. The third-order valence-electron chi connectivity index (χ3n) is 2.67. The molecule has 5 nitrogen and oxygen atoms in total. The van der Waals surface area contributed by atoms with E-state index in [0.717, 1.165) is 11.9 Å². The van der Waals surface area contributed by atoms with Gasteiger partial charge in [0, 0.05) is 6.54 Å². The van der Waals surface area contributed by atoms with Gasteiger partial charge in [0.25, 0.3) is 0 Å². The zero-order chi connectivity index (χ0) is 14.6. The van der Waals surface area contributed by atoms with Crippen LogP contribution in [0.5, 0.6) is 0 Å². The molecule has 0 unspecified atom stereocenters. The Hall–Kier alpha value is -2.08. The number of aryl methyl sites for hydroxylation is 1. The molecule has 2 N–H and O–H groups in total. The first-order chi connectivity index (χ1) is 9.42. The fourth-order valence-electron chi connectivity index (χ4n) is 1.66. The minimum absolute atomic E-state index is 0.313. The number of aromatic nitrogens is 1. The van der Waals surface area contributed by atoms with Crippen LogP contribution >= 0.6 is 0 Å². The summed E-state index contributed by atoms with van der Waals surface area (Å²) < 4.78 is 24.4. The van der Waals surface area contributed by atoms with Crippen molar-refractivity contribution >= 4 is 21.5 Å². The van der Waals surface area contributed by atoms with Gasteiger partial charge < -0.3 is 5.32 Å². The van der Waals surface area contributed by atoms with Crippen LogP contribution in [0.4, 0.5) is 11.5 Å². The van der Waals surface area contributed by atoms with Gasteiger partial charge in [0.1, 0.15) is 5.82 Å². The van der Waals surface area contributed by atoms with Crippen molar-refractivity contribution < 1.29 is 8.42 Å². The molecule has 0 spiro atoms. The summed E-state index contributed by atoms with van der Waals surface area (Å²) in [5.74, 6) is 0.313. The Kier molecular flexibility index (Phi) is 4.24. The molecule has 0 bridgehead atoms. The van der Waals surface area contributed by atoms with Gasteiger partial charge in [-0.2, -0.15) is 0 Å². The summed E-state index contributed by atoms with van der Waals surface area (Å²) in [7, 11) is -3.28. The molecule has 1 aromatic carbocycles. The van der Waals surface area contributed by atoms with Gasteiger partial charge in [-0.05, 0) is 24.6 Å². The van der Waals surface area contributed by atoms with Gasteiger partial charge in [-0.3, -0.25) is 4.72 Å². The molecule has 0 aliphatic carbocycles. The molecule has 1 heterocycles. The number of nitrogens with one attached hydrogen (secondary N) is 2. The SMILES string of the molecule is Cc1ccc(CNc2ccc(NS(C)(=O)=O)nc2)cc1. The standard InChI is InChI=1S/C14H17N3O2S/c1-11-3-5-12(6-4-11)9-15-13-7-8-14(16-10-13)17-20(2,18)19/h3-8,10,15H,9H2,1-2H3,(H,16,17). The number of sulfonamides is 1. The van der Waals surface area contributed by atoms with Gasteiger partial charge in [-0.25, -0.2) is 13.4 Å². The largest absolute Gasteiger partial charge is 0.380 e. The fraction of sp³-hybridized carbons (Fsp3) is 0.214. The van der Waals surface area contributed by atoms with E-state index in [1.165, 1.54) is 11.1 Å². The van der Waals surface area contributed by atoms with Crippen LogP contribution in [-0.4, -0.2) is 19.7 Å². The number of anilines is 2. The molecule has 1 aromatic heterocycles. The van der Waals surface area contributed by atoms with Crippen LogP contribution in [0.15, 0.2) is 42.6 Å². The Morgan fingerprint density at radius 1 is 1.10 bits per heavy atom. The molecule has 0 atom stereocenters. The van der Waals surface area contributed by atoms with Crippen molar-refractivity contribution in [2.45, 2.75) is 13.5 Å². The average Bonchev–Trinajstić information content (AvgIpc) is 2.38. The first kappa shape index (κ1) is 14.3. The average molecular weight is 291 g/mol. The number of hydrogen-bond acceptors (Lipinski definition) is 4. The Morgan fingerprint density at radius 3 is 2.35 bits per heavy atom. The predicted octanol–water partition coefficient (Wildman–Crippen LogP) is 2.37. The van der Waals surface area contributed by atoms with Crippen LogP contribution in [0.2, 0.25) is 0 Å². The topological polar surface area (TPSA) is 71.1 Å². The van der Waals surface area contributed by atoms with Crippen molar-refractivity contribution in [1.82, 2.24) is 4.98 Å². The van der Waals surface area contributed by atoms with E-state index in [4.69, 9.17) is 0 Å². The van der Waals surface area contributed by atoms with E-state index >= 15 is 0 Å². The Labute approximate surface area is 119 Å². The van der Waals surface area contributed by atoms with E-state index in [9.17, 15) is 8.42 Å². The smallest absolute Gasteiger partial charge is 0.230 e.